The van der Waals surface area contributed by atoms with Gasteiger partial charge in [-0.3, -0.25) is 24.7 Å². The zero-order valence-electron chi connectivity index (χ0n) is 9.64. The molecular formula is C11H13N3O3. The van der Waals surface area contributed by atoms with Crippen LogP contribution in [0.25, 0.3) is 10.9 Å². The summed E-state index contributed by atoms with van der Waals surface area (Å²) >= 11 is 0. The maximum Gasteiger partial charge on any atom is 0.272 e. The molecule has 2 rings (SSSR count). The van der Waals surface area contributed by atoms with E-state index >= 15 is 0 Å². The topological polar surface area (TPSA) is 80.9 Å². The average molecular weight is 235 g/mol. The maximum atomic E-state index is 11.7. The first-order chi connectivity index (χ1) is 7.99. The molecule has 0 atom stereocenters. The molecule has 1 aromatic carbocycles. The number of nitrogens with one attached hydrogen (secondary N) is 1. The minimum absolute atomic E-state index is 0.0645. The molecule has 6 heteroatoms. The third kappa shape index (κ3) is 2.06. The Morgan fingerprint density at radius 2 is 2.18 bits per heavy atom. The van der Waals surface area contributed by atoms with Crippen LogP contribution in [0.5, 0.6) is 0 Å². The number of fused-ring (bicyclic) bond motifs is 1. The molecule has 0 aliphatic heterocycles. The van der Waals surface area contributed by atoms with E-state index in [9.17, 15) is 14.9 Å². The second-order valence-electron chi connectivity index (χ2n) is 4.40. The van der Waals surface area contributed by atoms with Crippen molar-refractivity contribution in [2.45, 2.75) is 20.4 Å². The first-order valence-corrected chi connectivity index (χ1v) is 5.36. The van der Waals surface area contributed by atoms with E-state index in [1.807, 2.05) is 13.8 Å². The van der Waals surface area contributed by atoms with Gasteiger partial charge in [-0.25, -0.2) is 0 Å². The van der Waals surface area contributed by atoms with Crippen LogP contribution >= 0.6 is 0 Å². The molecule has 0 spiro atoms. The zero-order chi connectivity index (χ0) is 12.6. The fourth-order valence-corrected chi connectivity index (χ4v) is 1.81. The lowest BCUT2D eigenvalue weighted by atomic mass is 10.2. The number of rotatable bonds is 3. The summed E-state index contributed by atoms with van der Waals surface area (Å²) in [6, 6.07) is 4.32. The van der Waals surface area contributed by atoms with Crippen LogP contribution in [-0.4, -0.2) is 14.7 Å². The Morgan fingerprint density at radius 3 is 2.76 bits per heavy atom. The summed E-state index contributed by atoms with van der Waals surface area (Å²) in [4.78, 5) is 21.8. The van der Waals surface area contributed by atoms with Crippen molar-refractivity contribution >= 4 is 16.6 Å². The summed E-state index contributed by atoms with van der Waals surface area (Å²) in [5, 5.41) is 13.7. The third-order valence-electron chi connectivity index (χ3n) is 2.51. The summed E-state index contributed by atoms with van der Waals surface area (Å²) in [6.07, 6.45) is 0. The fourth-order valence-electron chi connectivity index (χ4n) is 1.81. The van der Waals surface area contributed by atoms with E-state index in [4.69, 9.17) is 0 Å². The maximum absolute atomic E-state index is 11.7. The highest BCUT2D eigenvalue weighted by Crippen LogP contribution is 2.18. The molecule has 0 bridgehead atoms. The van der Waals surface area contributed by atoms with Gasteiger partial charge in [0, 0.05) is 18.7 Å². The number of hydrogen-bond acceptors (Lipinski definition) is 3. The van der Waals surface area contributed by atoms with Gasteiger partial charge in [0.15, 0.2) is 0 Å². The highest BCUT2D eigenvalue weighted by atomic mass is 16.6. The van der Waals surface area contributed by atoms with Gasteiger partial charge >= 0.3 is 0 Å². The first kappa shape index (κ1) is 11.4. The van der Waals surface area contributed by atoms with Gasteiger partial charge < -0.3 is 0 Å². The van der Waals surface area contributed by atoms with Crippen molar-refractivity contribution in [2.24, 2.45) is 5.92 Å². The number of H-pyrrole nitrogens is 1. The Balaban J connectivity index is 2.61. The van der Waals surface area contributed by atoms with Crippen LogP contribution < -0.4 is 5.56 Å². The molecule has 0 saturated carbocycles. The van der Waals surface area contributed by atoms with Crippen molar-refractivity contribution in [1.29, 1.82) is 0 Å². The second kappa shape index (κ2) is 4.04. The molecule has 6 nitrogen and oxygen atoms in total. The number of non-ortho nitro benzene ring substituents is 1. The van der Waals surface area contributed by atoms with Crippen LogP contribution in [-0.2, 0) is 6.54 Å². The lowest BCUT2D eigenvalue weighted by molar-refractivity contribution is -0.384. The standard InChI is InChI=1S/C11H13N3O3/c1-7(2)6-13-10-4-3-8(14(16)17)5-9(10)11(15)12-13/h3-5,7H,6H2,1-2H3,(H,12,15). The Hall–Kier alpha value is -2.11. The Bertz CT molecular complexity index is 624. The SMILES string of the molecule is CC(C)Cn1[nH]c(=O)c2cc([N+](=O)[O-])ccc21. The highest BCUT2D eigenvalue weighted by molar-refractivity contribution is 5.80. The largest absolute Gasteiger partial charge is 0.284 e. The molecular weight excluding hydrogens is 222 g/mol. The summed E-state index contributed by atoms with van der Waals surface area (Å²) in [5.41, 5.74) is 0.351. The number of hydrogen-bond donors (Lipinski definition) is 1. The van der Waals surface area contributed by atoms with E-state index in [2.05, 4.69) is 5.10 Å². The lowest BCUT2D eigenvalue weighted by Crippen LogP contribution is -2.09. The predicted octanol–water partition coefficient (Wildman–Crippen LogP) is 1.89. The summed E-state index contributed by atoms with van der Waals surface area (Å²) in [7, 11) is 0. The first-order valence-electron chi connectivity index (χ1n) is 5.36. The minimum atomic E-state index is -0.501. The van der Waals surface area contributed by atoms with E-state index in [-0.39, 0.29) is 11.2 Å². The molecule has 2 aromatic rings. The quantitative estimate of drug-likeness (QED) is 0.651. The monoisotopic (exact) mass is 235 g/mol. The van der Waals surface area contributed by atoms with Crippen LogP contribution in [0.2, 0.25) is 0 Å². The van der Waals surface area contributed by atoms with Crippen molar-refractivity contribution in [2.75, 3.05) is 0 Å². The number of nitro benzene ring substituents is 1. The summed E-state index contributed by atoms with van der Waals surface area (Å²) in [6.45, 7) is 4.75. The van der Waals surface area contributed by atoms with Gasteiger partial charge in [0.1, 0.15) is 0 Å². The highest BCUT2D eigenvalue weighted by Gasteiger charge is 2.12. The molecule has 1 N–H and O–H groups in total. The van der Waals surface area contributed by atoms with Crippen molar-refractivity contribution < 1.29 is 4.92 Å². The van der Waals surface area contributed by atoms with E-state index in [1.54, 1.807) is 10.7 Å². The molecule has 0 aliphatic rings. The molecule has 0 amide bonds. The molecule has 0 aliphatic carbocycles. The zero-order valence-corrected chi connectivity index (χ0v) is 9.64. The van der Waals surface area contributed by atoms with Gasteiger partial charge in [0.2, 0.25) is 0 Å². The normalized spacial score (nSPS) is 11.2. The van der Waals surface area contributed by atoms with E-state index in [1.165, 1.54) is 12.1 Å². The minimum Gasteiger partial charge on any atom is -0.284 e. The Kier molecular flexibility index (Phi) is 2.71. The van der Waals surface area contributed by atoms with E-state index in [0.29, 0.717) is 23.4 Å². The summed E-state index contributed by atoms with van der Waals surface area (Å²) in [5.74, 6) is 0.386. The van der Waals surface area contributed by atoms with Gasteiger partial charge in [0.25, 0.3) is 11.2 Å². The molecule has 0 radical (unpaired) electrons. The van der Waals surface area contributed by atoms with Gasteiger partial charge in [-0.1, -0.05) is 13.8 Å². The van der Waals surface area contributed by atoms with E-state index < -0.39 is 4.92 Å². The Morgan fingerprint density at radius 1 is 1.47 bits per heavy atom. The Labute approximate surface area is 97.0 Å². The smallest absolute Gasteiger partial charge is 0.272 e. The van der Waals surface area contributed by atoms with Crippen molar-refractivity contribution in [3.05, 3.63) is 38.7 Å². The number of nitrogens with zero attached hydrogens (tertiary/aromatic N) is 2. The van der Waals surface area contributed by atoms with Crippen LogP contribution in [0.4, 0.5) is 5.69 Å². The molecule has 1 aromatic heterocycles. The molecule has 90 valence electrons. The molecule has 1 heterocycles. The molecule has 0 fully saturated rings. The predicted molar refractivity (Wildman–Crippen MR) is 64.1 cm³/mol. The molecule has 17 heavy (non-hydrogen) atoms. The number of nitro groups is 1. The lowest BCUT2D eigenvalue weighted by Gasteiger charge is -2.06. The van der Waals surface area contributed by atoms with Crippen LogP contribution in [0.15, 0.2) is 23.0 Å². The third-order valence-corrected chi connectivity index (χ3v) is 2.51. The molecule has 0 saturated heterocycles. The number of benzene rings is 1. The fraction of sp³-hybridized carbons (Fsp3) is 0.364. The van der Waals surface area contributed by atoms with Crippen LogP contribution in [0, 0.1) is 16.0 Å². The van der Waals surface area contributed by atoms with Crippen LogP contribution in [0.3, 0.4) is 0 Å². The second-order valence-corrected chi connectivity index (χ2v) is 4.40. The van der Waals surface area contributed by atoms with Crippen molar-refractivity contribution in [1.82, 2.24) is 9.78 Å². The summed E-state index contributed by atoms with van der Waals surface area (Å²) < 4.78 is 1.73. The average Bonchev–Trinajstić information content (AvgIpc) is 2.54. The van der Waals surface area contributed by atoms with Gasteiger partial charge in [0.05, 0.1) is 15.8 Å². The number of aromatic nitrogens is 2. The number of aromatic amines is 1. The van der Waals surface area contributed by atoms with Gasteiger partial charge in [-0.15, -0.1) is 0 Å². The van der Waals surface area contributed by atoms with E-state index in [0.717, 1.165) is 0 Å². The molecule has 0 unspecified atom stereocenters. The van der Waals surface area contributed by atoms with Crippen molar-refractivity contribution in [3.8, 4) is 0 Å². The van der Waals surface area contributed by atoms with Crippen LogP contribution in [0.1, 0.15) is 13.8 Å². The van der Waals surface area contributed by atoms with Crippen molar-refractivity contribution in [3.63, 3.8) is 0 Å². The van der Waals surface area contributed by atoms with Gasteiger partial charge in [-0.2, -0.15) is 0 Å². The van der Waals surface area contributed by atoms with Gasteiger partial charge in [-0.05, 0) is 12.0 Å².